The fourth-order valence-electron chi connectivity index (χ4n) is 2.24. The van der Waals surface area contributed by atoms with E-state index in [1.165, 1.54) is 5.56 Å². The number of aromatic nitrogens is 2. The van der Waals surface area contributed by atoms with Crippen molar-refractivity contribution in [1.82, 2.24) is 9.97 Å². The van der Waals surface area contributed by atoms with Crippen LogP contribution in [0.4, 0.5) is 17.3 Å². The van der Waals surface area contributed by atoms with Crippen LogP contribution in [0.15, 0.2) is 71.5 Å². The van der Waals surface area contributed by atoms with Gasteiger partial charge in [0.15, 0.2) is 0 Å². The first-order valence-corrected chi connectivity index (χ1v) is 8.10. The molecule has 0 radical (unpaired) electrons. The molecule has 4 nitrogen and oxygen atoms in total. The molecule has 2 aromatic carbocycles. The van der Waals surface area contributed by atoms with Gasteiger partial charge in [0, 0.05) is 29.8 Å². The average molecular weight is 369 g/mol. The van der Waals surface area contributed by atoms with Gasteiger partial charge in [-0.2, -0.15) is 0 Å². The number of nitrogens with one attached hydrogen (secondary N) is 1. The van der Waals surface area contributed by atoms with E-state index in [4.69, 9.17) is 0 Å². The second-order valence-corrected chi connectivity index (χ2v) is 6.15. The Kier molecular flexibility index (Phi) is 4.88. The number of halogens is 1. The van der Waals surface area contributed by atoms with Crippen molar-refractivity contribution in [3.8, 4) is 0 Å². The molecule has 0 amide bonds. The molecule has 0 spiro atoms. The maximum atomic E-state index is 4.36. The quantitative estimate of drug-likeness (QED) is 0.713. The van der Waals surface area contributed by atoms with Gasteiger partial charge in [-0.05, 0) is 29.8 Å². The fraction of sp³-hybridized carbons (Fsp3) is 0.111. The van der Waals surface area contributed by atoms with Crippen LogP contribution in [0.3, 0.4) is 0 Å². The van der Waals surface area contributed by atoms with Crippen molar-refractivity contribution in [3.05, 3.63) is 77.0 Å². The van der Waals surface area contributed by atoms with E-state index < -0.39 is 0 Å². The molecule has 0 aliphatic rings. The molecule has 1 N–H and O–H groups in total. The fourth-order valence-corrected chi connectivity index (χ4v) is 2.51. The van der Waals surface area contributed by atoms with Crippen molar-refractivity contribution in [3.63, 3.8) is 0 Å². The third-order valence-corrected chi connectivity index (χ3v) is 3.95. The highest BCUT2D eigenvalue weighted by Gasteiger charge is 2.05. The zero-order chi connectivity index (χ0) is 16.1. The lowest BCUT2D eigenvalue weighted by Gasteiger charge is -2.18. The summed E-state index contributed by atoms with van der Waals surface area (Å²) >= 11 is 3.43. The molecular formula is C18H17BrN4. The minimum atomic E-state index is 0.775. The highest BCUT2D eigenvalue weighted by Crippen LogP contribution is 2.20. The molecule has 23 heavy (non-hydrogen) atoms. The summed E-state index contributed by atoms with van der Waals surface area (Å²) in [6.45, 7) is 0.801. The van der Waals surface area contributed by atoms with Crippen LogP contribution in [0, 0.1) is 0 Å². The Hall–Kier alpha value is -2.40. The van der Waals surface area contributed by atoms with Gasteiger partial charge in [-0.1, -0.05) is 46.3 Å². The molecular weight excluding hydrogens is 352 g/mol. The Labute approximate surface area is 144 Å². The lowest BCUT2D eigenvalue weighted by molar-refractivity contribution is 0.892. The van der Waals surface area contributed by atoms with E-state index >= 15 is 0 Å². The molecule has 0 fully saturated rings. The summed E-state index contributed by atoms with van der Waals surface area (Å²) in [5.41, 5.74) is 2.24. The molecule has 3 rings (SSSR count). The summed E-state index contributed by atoms with van der Waals surface area (Å²) in [5, 5.41) is 3.29. The van der Waals surface area contributed by atoms with Gasteiger partial charge < -0.3 is 10.2 Å². The summed E-state index contributed by atoms with van der Waals surface area (Å²) < 4.78 is 1.05. The molecule has 3 aromatic rings. The topological polar surface area (TPSA) is 41.0 Å². The molecule has 1 heterocycles. The van der Waals surface area contributed by atoms with Crippen molar-refractivity contribution < 1.29 is 0 Å². The maximum Gasteiger partial charge on any atom is 0.135 e. The summed E-state index contributed by atoms with van der Waals surface area (Å²) in [7, 11) is 2.03. The van der Waals surface area contributed by atoms with Gasteiger partial charge in [-0.25, -0.2) is 9.97 Å². The number of benzene rings is 2. The van der Waals surface area contributed by atoms with Crippen LogP contribution in [-0.4, -0.2) is 17.0 Å². The summed E-state index contributed by atoms with van der Waals surface area (Å²) in [5.74, 6) is 1.65. The molecule has 5 heteroatoms. The van der Waals surface area contributed by atoms with Gasteiger partial charge in [0.25, 0.3) is 0 Å². The Morgan fingerprint density at radius 2 is 1.74 bits per heavy atom. The molecule has 0 bridgehead atoms. The van der Waals surface area contributed by atoms with E-state index in [1.807, 2.05) is 55.6 Å². The van der Waals surface area contributed by atoms with Crippen LogP contribution in [0.25, 0.3) is 0 Å². The average Bonchev–Trinajstić information content (AvgIpc) is 2.58. The van der Waals surface area contributed by atoms with Gasteiger partial charge >= 0.3 is 0 Å². The number of anilines is 3. The Morgan fingerprint density at radius 1 is 1.00 bits per heavy atom. The largest absolute Gasteiger partial charge is 0.355 e. The minimum absolute atomic E-state index is 0.775. The van der Waals surface area contributed by atoms with E-state index in [0.29, 0.717) is 0 Å². The summed E-state index contributed by atoms with van der Waals surface area (Å²) in [4.78, 5) is 10.7. The Bertz CT molecular complexity index is 759. The van der Waals surface area contributed by atoms with Crippen LogP contribution in [0.2, 0.25) is 0 Å². The third-order valence-electron chi connectivity index (χ3n) is 3.42. The lowest BCUT2D eigenvalue weighted by Crippen LogP contribution is -2.17. The molecule has 0 aliphatic carbocycles. The van der Waals surface area contributed by atoms with E-state index in [0.717, 1.165) is 28.3 Å². The predicted octanol–water partition coefficient (Wildman–Crippen LogP) is 4.62. The van der Waals surface area contributed by atoms with E-state index in [9.17, 15) is 0 Å². The molecule has 116 valence electrons. The second-order valence-electron chi connectivity index (χ2n) is 5.23. The smallest absolute Gasteiger partial charge is 0.135 e. The molecule has 0 atom stereocenters. The van der Waals surface area contributed by atoms with Crippen LogP contribution in [0.5, 0.6) is 0 Å². The first-order chi connectivity index (χ1) is 11.2. The van der Waals surface area contributed by atoms with Gasteiger partial charge in [-0.15, -0.1) is 0 Å². The van der Waals surface area contributed by atoms with E-state index in [-0.39, 0.29) is 0 Å². The standard InChI is InChI=1S/C18H17BrN4/c1-23(12-14-5-3-2-4-6-14)18-11-17(20-13-21-18)22-16-9-7-15(19)8-10-16/h2-11,13H,12H2,1H3,(H,20,21,22). The van der Waals surface area contributed by atoms with E-state index in [1.54, 1.807) is 6.33 Å². The van der Waals surface area contributed by atoms with Crippen molar-refractivity contribution in [2.45, 2.75) is 6.54 Å². The highest BCUT2D eigenvalue weighted by atomic mass is 79.9. The number of hydrogen-bond acceptors (Lipinski definition) is 4. The van der Waals surface area contributed by atoms with E-state index in [2.05, 4.69) is 48.2 Å². The van der Waals surface area contributed by atoms with Crippen molar-refractivity contribution in [2.75, 3.05) is 17.3 Å². The minimum Gasteiger partial charge on any atom is -0.355 e. The van der Waals surface area contributed by atoms with Crippen LogP contribution in [0.1, 0.15) is 5.56 Å². The number of nitrogens with zero attached hydrogens (tertiary/aromatic N) is 3. The molecule has 0 unspecified atom stereocenters. The molecule has 0 saturated heterocycles. The number of rotatable bonds is 5. The maximum absolute atomic E-state index is 4.36. The van der Waals surface area contributed by atoms with Crippen LogP contribution < -0.4 is 10.2 Å². The van der Waals surface area contributed by atoms with Gasteiger partial charge in [0.1, 0.15) is 18.0 Å². The van der Waals surface area contributed by atoms with Crippen LogP contribution >= 0.6 is 15.9 Å². The molecule has 1 aromatic heterocycles. The van der Waals surface area contributed by atoms with Crippen molar-refractivity contribution >= 4 is 33.3 Å². The number of hydrogen-bond donors (Lipinski definition) is 1. The van der Waals surface area contributed by atoms with Gasteiger partial charge in [0.2, 0.25) is 0 Å². The molecule has 0 saturated carbocycles. The lowest BCUT2D eigenvalue weighted by atomic mass is 10.2. The predicted molar refractivity (Wildman–Crippen MR) is 98.0 cm³/mol. The zero-order valence-electron chi connectivity index (χ0n) is 12.8. The Balaban J connectivity index is 1.72. The summed E-state index contributed by atoms with van der Waals surface area (Å²) in [6, 6.07) is 20.3. The third kappa shape index (κ3) is 4.29. The zero-order valence-corrected chi connectivity index (χ0v) is 14.4. The monoisotopic (exact) mass is 368 g/mol. The summed E-state index contributed by atoms with van der Waals surface area (Å²) in [6.07, 6.45) is 1.58. The first-order valence-electron chi connectivity index (χ1n) is 7.30. The van der Waals surface area contributed by atoms with Gasteiger partial charge in [0.05, 0.1) is 0 Å². The van der Waals surface area contributed by atoms with Crippen molar-refractivity contribution in [1.29, 1.82) is 0 Å². The normalized spacial score (nSPS) is 10.3. The first kappa shape index (κ1) is 15.5. The van der Waals surface area contributed by atoms with Crippen LogP contribution in [-0.2, 0) is 6.54 Å². The van der Waals surface area contributed by atoms with Gasteiger partial charge in [-0.3, -0.25) is 0 Å². The second kappa shape index (κ2) is 7.24. The molecule has 0 aliphatic heterocycles. The van der Waals surface area contributed by atoms with Crippen molar-refractivity contribution in [2.24, 2.45) is 0 Å². The Morgan fingerprint density at radius 3 is 2.48 bits per heavy atom. The SMILES string of the molecule is CN(Cc1ccccc1)c1cc(Nc2ccc(Br)cc2)ncn1. The highest BCUT2D eigenvalue weighted by molar-refractivity contribution is 9.10.